The number of rotatable bonds is 6. The van der Waals surface area contributed by atoms with Crippen LogP contribution < -0.4 is 0 Å². The van der Waals surface area contributed by atoms with E-state index < -0.39 is 17.4 Å². The summed E-state index contributed by atoms with van der Waals surface area (Å²) in [6.45, 7) is 19.0. The summed E-state index contributed by atoms with van der Waals surface area (Å²) < 4.78 is 7.73. The van der Waals surface area contributed by atoms with Gasteiger partial charge in [0.15, 0.2) is 0 Å². The minimum absolute atomic E-state index is 0.153. The molecule has 0 saturated carbocycles. The van der Waals surface area contributed by atoms with Crippen molar-refractivity contribution in [1.29, 1.82) is 0 Å². The Morgan fingerprint density at radius 2 is 1.35 bits per heavy atom. The van der Waals surface area contributed by atoms with Crippen molar-refractivity contribution in [3.63, 3.8) is 0 Å². The van der Waals surface area contributed by atoms with Crippen LogP contribution in [0.5, 0.6) is 0 Å². The molecular formula is C45H50SSiZr. The molecule has 2 aliphatic carbocycles. The Balaban J connectivity index is 1.44. The zero-order chi connectivity index (χ0) is 34.2. The zero-order valence-corrected chi connectivity index (χ0v) is 34.9. The summed E-state index contributed by atoms with van der Waals surface area (Å²) in [4.78, 5) is 1.59. The van der Waals surface area contributed by atoms with Crippen LogP contribution >= 0.6 is 11.8 Å². The van der Waals surface area contributed by atoms with Gasteiger partial charge in [-0.3, -0.25) is 0 Å². The fraction of sp³-hybridized carbons (Fsp3) is 0.289. The molecule has 0 N–H and O–H groups in total. The van der Waals surface area contributed by atoms with Crippen LogP contribution in [0.25, 0.3) is 33.9 Å². The molecule has 3 heteroatoms. The molecule has 1 heterocycles. The third kappa shape index (κ3) is 5.63. The summed E-state index contributed by atoms with van der Waals surface area (Å²) in [6, 6.07) is 36.5. The van der Waals surface area contributed by atoms with Crippen molar-refractivity contribution in [1.82, 2.24) is 0 Å². The Morgan fingerprint density at radius 3 is 1.94 bits per heavy atom. The summed E-state index contributed by atoms with van der Waals surface area (Å²) in [6.07, 6.45) is 5.17. The number of allylic oxidation sites excluding steroid dienone is 5. The molecule has 7 rings (SSSR count). The molecule has 1 aliphatic heterocycles. The molecule has 4 aromatic carbocycles. The van der Waals surface area contributed by atoms with Gasteiger partial charge in [-0.15, -0.1) is 0 Å². The summed E-state index contributed by atoms with van der Waals surface area (Å²) in [5, 5.41) is 0.436. The van der Waals surface area contributed by atoms with E-state index in [4.69, 9.17) is 0 Å². The Labute approximate surface area is 296 Å². The summed E-state index contributed by atoms with van der Waals surface area (Å²) in [5.74, 6) is 0.476. The third-order valence-corrected chi connectivity index (χ3v) is 29.0. The minimum atomic E-state index is -3.83. The van der Waals surface area contributed by atoms with Gasteiger partial charge in [0.05, 0.1) is 0 Å². The van der Waals surface area contributed by atoms with Crippen molar-refractivity contribution >= 4 is 30.3 Å². The molecule has 0 spiro atoms. The fourth-order valence-electron chi connectivity index (χ4n) is 8.84. The predicted molar refractivity (Wildman–Crippen MR) is 213 cm³/mol. The van der Waals surface area contributed by atoms with Crippen LogP contribution in [-0.4, -0.2) is 12.1 Å². The number of hydrogen-bond donors (Lipinski definition) is 0. The molecule has 0 radical (unpaired) electrons. The van der Waals surface area contributed by atoms with Gasteiger partial charge in [-0.05, 0) is 0 Å². The van der Waals surface area contributed by atoms with Gasteiger partial charge in [0.25, 0.3) is 0 Å². The fourth-order valence-corrected chi connectivity index (χ4v) is 31.7. The Hall–Kier alpha value is -2.71. The summed E-state index contributed by atoms with van der Waals surface area (Å²) >= 11 is -1.69. The van der Waals surface area contributed by atoms with Gasteiger partial charge < -0.3 is 0 Å². The predicted octanol–water partition coefficient (Wildman–Crippen LogP) is 12.5. The Morgan fingerprint density at radius 1 is 0.750 bits per heavy atom. The molecule has 0 amide bonds. The topological polar surface area (TPSA) is 0 Å². The molecule has 0 bridgehead atoms. The first-order valence-corrected chi connectivity index (χ1v) is 32.0. The van der Waals surface area contributed by atoms with Gasteiger partial charge in [0.2, 0.25) is 0 Å². The van der Waals surface area contributed by atoms with Crippen LogP contribution in [0, 0.1) is 5.92 Å². The number of fused-ring (bicyclic) bond motifs is 2. The van der Waals surface area contributed by atoms with Crippen LogP contribution in [0.3, 0.4) is 0 Å². The van der Waals surface area contributed by atoms with E-state index in [0.29, 0.717) is 14.8 Å². The normalized spacial score (nSPS) is 19.6. The monoisotopic (exact) mass is 740 g/mol. The first kappa shape index (κ1) is 33.8. The average Bonchev–Trinajstić information content (AvgIpc) is 3.69. The maximum atomic E-state index is 2.76. The summed E-state index contributed by atoms with van der Waals surface area (Å²) in [5.41, 5.74) is 17.4. The Kier molecular flexibility index (Phi) is 8.42. The van der Waals surface area contributed by atoms with Crippen molar-refractivity contribution < 1.29 is 17.4 Å². The van der Waals surface area contributed by atoms with Crippen LogP contribution in [-0.2, 0) is 22.8 Å². The number of thioether (sulfide) groups is 1. The molecule has 0 fully saturated rings. The second-order valence-corrected chi connectivity index (χ2v) is 47.4. The number of benzene rings is 4. The standard InChI is InChI=1S/C22H17.C21H25S.2CH3.H2Si.Zr/c1-16-12-20-14-19(17-8-4-2-5-9-17)15-22(21(20)13-16)18-10-6-3-7-11-18;1-13(2)16-11-18-19(12-16)22-14(3)20(18)15-7-9-17(10-8-15)21(4,5)6;;;;/h2-15H,1H3;7-11,13-14H,1-6H3;2*1H3;1H2;. The van der Waals surface area contributed by atoms with E-state index >= 15 is 0 Å². The molecule has 0 saturated heterocycles. The van der Waals surface area contributed by atoms with E-state index in [1.165, 1.54) is 50.1 Å². The van der Waals surface area contributed by atoms with E-state index in [0.717, 1.165) is 0 Å². The molecule has 0 aromatic heterocycles. The van der Waals surface area contributed by atoms with Gasteiger partial charge in [-0.2, -0.15) is 0 Å². The van der Waals surface area contributed by atoms with Gasteiger partial charge in [0, 0.05) is 0 Å². The summed E-state index contributed by atoms with van der Waals surface area (Å²) in [7, 11) is 0. The van der Waals surface area contributed by atoms with Crippen LogP contribution in [0.4, 0.5) is 0 Å². The number of hydrogen-bond acceptors (Lipinski definition) is 1. The van der Waals surface area contributed by atoms with Crippen molar-refractivity contribution in [3.05, 3.63) is 150 Å². The average molecular weight is 742 g/mol. The first-order chi connectivity index (χ1) is 22.6. The van der Waals surface area contributed by atoms with Crippen LogP contribution in [0.2, 0.25) is 9.26 Å². The van der Waals surface area contributed by atoms with Crippen LogP contribution in [0.1, 0.15) is 74.3 Å². The molecule has 3 aliphatic rings. The van der Waals surface area contributed by atoms with E-state index in [1.807, 2.05) is 0 Å². The quantitative estimate of drug-likeness (QED) is 0.177. The van der Waals surface area contributed by atoms with E-state index in [9.17, 15) is 0 Å². The molecule has 48 heavy (non-hydrogen) atoms. The molecule has 4 aromatic rings. The van der Waals surface area contributed by atoms with Crippen molar-refractivity contribution in [2.45, 2.75) is 72.0 Å². The first-order valence-electron chi connectivity index (χ1n) is 17.7. The third-order valence-electron chi connectivity index (χ3n) is 11.0. The Bertz CT molecular complexity index is 2130. The molecular weight excluding hydrogens is 692 g/mol. The van der Waals surface area contributed by atoms with E-state index in [1.54, 1.807) is 24.9 Å². The zero-order valence-electron chi connectivity index (χ0n) is 30.2. The van der Waals surface area contributed by atoms with Gasteiger partial charge in [0.1, 0.15) is 0 Å². The van der Waals surface area contributed by atoms with Crippen LogP contribution in [0.15, 0.2) is 128 Å². The SMILES string of the molecule is CC1=Cc2c(-c3ccccc3)cc(-c3ccccc3)cc2[CH]1[Zr]([CH3])([CH3])(=[SiH2])[C]1=C2SC(C)C(c3ccc(C(C)(C)C)cc3)=C2C=C1C(C)C. The van der Waals surface area contributed by atoms with Crippen molar-refractivity contribution in [2.24, 2.45) is 5.92 Å². The van der Waals surface area contributed by atoms with Gasteiger partial charge >= 0.3 is 298 Å². The molecule has 2 atom stereocenters. The van der Waals surface area contributed by atoms with Gasteiger partial charge in [-0.25, -0.2) is 0 Å². The second kappa shape index (κ2) is 12.0. The molecule has 244 valence electrons. The molecule has 2 unspecified atom stereocenters. The second-order valence-electron chi connectivity index (χ2n) is 16.8. The molecule has 0 nitrogen and oxygen atoms in total. The van der Waals surface area contributed by atoms with E-state index in [-0.39, 0.29) is 5.41 Å². The van der Waals surface area contributed by atoms with E-state index in [2.05, 4.69) is 186 Å². The maximum absolute atomic E-state index is 3.83. The van der Waals surface area contributed by atoms with Gasteiger partial charge in [-0.1, -0.05) is 0 Å². The van der Waals surface area contributed by atoms with Crippen molar-refractivity contribution in [3.8, 4) is 22.3 Å². The van der Waals surface area contributed by atoms with Crippen molar-refractivity contribution in [2.75, 3.05) is 0 Å².